The molecule has 6 nitrogen and oxygen atoms in total. The molecule has 32 heavy (non-hydrogen) atoms. The quantitative estimate of drug-likeness (QED) is 0.307. The summed E-state index contributed by atoms with van der Waals surface area (Å²) in [6.07, 6.45) is 12.9. The molecule has 0 bridgehead atoms. The lowest BCUT2D eigenvalue weighted by atomic mass is 9.89. The Hall–Kier alpha value is -2.77. The normalized spacial score (nSPS) is 23.0. The van der Waals surface area contributed by atoms with E-state index in [1.54, 1.807) is 30.4 Å². The summed E-state index contributed by atoms with van der Waals surface area (Å²) in [4.78, 5) is 23.4. The molecule has 0 amide bonds. The summed E-state index contributed by atoms with van der Waals surface area (Å²) in [5, 5.41) is 0. The third kappa shape index (κ3) is 6.87. The number of ketones is 1. The first-order valence-corrected chi connectivity index (χ1v) is 10.8. The lowest BCUT2D eigenvalue weighted by molar-refractivity contribution is -0.184. The summed E-state index contributed by atoms with van der Waals surface area (Å²) in [5.41, 5.74) is 0. The van der Waals surface area contributed by atoms with Gasteiger partial charge in [0.05, 0.1) is 20.3 Å². The number of Topliss-reactive ketones (excluding diaryl/α,β-unsaturated/α-hetero) is 1. The number of hydrogen-bond acceptors (Lipinski definition) is 6. The molecule has 0 N–H and O–H groups in total. The Morgan fingerprint density at radius 1 is 1.16 bits per heavy atom. The van der Waals surface area contributed by atoms with E-state index in [0.29, 0.717) is 31.8 Å². The van der Waals surface area contributed by atoms with Gasteiger partial charge in [0.15, 0.2) is 0 Å². The number of carbonyl (C=O) groups excluding carboxylic acids is 2. The number of esters is 1. The van der Waals surface area contributed by atoms with Crippen molar-refractivity contribution in [1.82, 2.24) is 0 Å². The summed E-state index contributed by atoms with van der Waals surface area (Å²) in [7, 11) is 1.32. The summed E-state index contributed by atoms with van der Waals surface area (Å²) < 4.78 is 35.2. The highest BCUT2D eigenvalue weighted by atomic mass is 19.1. The third-order valence-corrected chi connectivity index (χ3v) is 5.71. The van der Waals surface area contributed by atoms with Crippen molar-refractivity contribution in [2.45, 2.75) is 31.5 Å². The average Bonchev–Trinajstić information content (AvgIpc) is 3.41. The molecule has 1 saturated heterocycles. The zero-order chi connectivity index (χ0) is 22.8. The van der Waals surface area contributed by atoms with Crippen LogP contribution in [0.1, 0.15) is 25.7 Å². The molecule has 0 unspecified atom stereocenters. The van der Waals surface area contributed by atoms with Gasteiger partial charge in [0.1, 0.15) is 24.0 Å². The highest BCUT2D eigenvalue weighted by Crippen LogP contribution is 2.37. The van der Waals surface area contributed by atoms with Crippen LogP contribution in [0, 0.1) is 17.7 Å². The SMILES string of the molecule is COC(=O)C=C/C=C\C=C[C@@H]1C(=O)CC[C@@H]1CCC1(COc2ccc(F)cc2)OCCO1. The van der Waals surface area contributed by atoms with Gasteiger partial charge >= 0.3 is 5.97 Å². The van der Waals surface area contributed by atoms with E-state index in [9.17, 15) is 14.0 Å². The number of allylic oxidation sites excluding steroid dienone is 5. The maximum Gasteiger partial charge on any atom is 0.330 e. The van der Waals surface area contributed by atoms with Crippen LogP contribution in [-0.2, 0) is 23.8 Å². The molecule has 2 aliphatic rings. The predicted molar refractivity (Wildman–Crippen MR) is 116 cm³/mol. The van der Waals surface area contributed by atoms with Gasteiger partial charge in [-0.05, 0) is 43.0 Å². The largest absolute Gasteiger partial charge is 0.488 e. The molecule has 1 aromatic carbocycles. The Morgan fingerprint density at radius 2 is 1.88 bits per heavy atom. The van der Waals surface area contributed by atoms with E-state index in [-0.39, 0.29) is 30.0 Å². The summed E-state index contributed by atoms with van der Waals surface area (Å²) in [6, 6.07) is 5.84. The maximum atomic E-state index is 13.1. The van der Waals surface area contributed by atoms with E-state index in [1.807, 2.05) is 12.2 Å². The minimum Gasteiger partial charge on any atom is -0.488 e. The van der Waals surface area contributed by atoms with E-state index < -0.39 is 11.8 Å². The van der Waals surface area contributed by atoms with Crippen LogP contribution in [0.25, 0.3) is 0 Å². The molecular formula is C25H29FO6. The summed E-state index contributed by atoms with van der Waals surface area (Å²) >= 11 is 0. The maximum absolute atomic E-state index is 13.1. The molecular weight excluding hydrogens is 415 g/mol. The van der Waals surface area contributed by atoms with Gasteiger partial charge in [0, 0.05) is 24.8 Å². The highest BCUT2D eigenvalue weighted by Gasteiger charge is 2.40. The average molecular weight is 444 g/mol. The standard InChI is InChI=1S/C25H29FO6/c1-29-24(28)7-5-3-2-4-6-22-19(8-13-23(22)27)14-15-25(31-16-17-32-25)18-30-21-11-9-20(26)10-12-21/h2-7,9-12,19,22H,8,13-18H2,1H3/b3-2-,6-4?,7-5?/t19-,22+/m1/s1. The first-order chi connectivity index (χ1) is 15.5. The molecule has 2 atom stereocenters. The van der Waals surface area contributed by atoms with Gasteiger partial charge in [-0.3, -0.25) is 4.79 Å². The van der Waals surface area contributed by atoms with Gasteiger partial charge < -0.3 is 18.9 Å². The minimum absolute atomic E-state index is 0.152. The van der Waals surface area contributed by atoms with E-state index in [1.165, 1.54) is 25.3 Å². The van der Waals surface area contributed by atoms with Gasteiger partial charge in [-0.15, -0.1) is 0 Å². The van der Waals surface area contributed by atoms with Crippen LogP contribution in [0.5, 0.6) is 5.75 Å². The lowest BCUT2D eigenvalue weighted by Crippen LogP contribution is -2.38. The number of benzene rings is 1. The van der Waals surface area contributed by atoms with Crippen LogP contribution >= 0.6 is 0 Å². The van der Waals surface area contributed by atoms with E-state index in [4.69, 9.17) is 14.2 Å². The van der Waals surface area contributed by atoms with Gasteiger partial charge in [-0.2, -0.15) is 0 Å². The molecule has 3 rings (SSSR count). The topological polar surface area (TPSA) is 71.1 Å². The van der Waals surface area contributed by atoms with Crippen LogP contribution in [0.15, 0.2) is 60.7 Å². The zero-order valence-electron chi connectivity index (χ0n) is 18.2. The number of rotatable bonds is 10. The molecule has 7 heteroatoms. The van der Waals surface area contributed by atoms with E-state index >= 15 is 0 Å². The lowest BCUT2D eigenvalue weighted by Gasteiger charge is -2.29. The number of hydrogen-bond donors (Lipinski definition) is 0. The molecule has 1 aliphatic heterocycles. The van der Waals surface area contributed by atoms with Crippen LogP contribution in [0.2, 0.25) is 0 Å². The molecule has 2 fully saturated rings. The number of methoxy groups -OCH3 is 1. The molecule has 0 aromatic heterocycles. The fourth-order valence-electron chi connectivity index (χ4n) is 3.97. The Kier molecular flexibility index (Phi) is 8.76. The summed E-state index contributed by atoms with van der Waals surface area (Å²) in [6.45, 7) is 1.18. The smallest absolute Gasteiger partial charge is 0.330 e. The number of halogens is 1. The van der Waals surface area contributed by atoms with Crippen molar-refractivity contribution >= 4 is 11.8 Å². The Bertz CT molecular complexity index is 852. The van der Waals surface area contributed by atoms with Crippen molar-refractivity contribution in [2.24, 2.45) is 11.8 Å². The van der Waals surface area contributed by atoms with Crippen LogP contribution in [0.4, 0.5) is 4.39 Å². The van der Waals surface area contributed by atoms with Crippen molar-refractivity contribution in [3.63, 3.8) is 0 Å². The number of carbonyl (C=O) groups is 2. The van der Waals surface area contributed by atoms with Crippen molar-refractivity contribution in [3.8, 4) is 5.75 Å². The molecule has 1 saturated carbocycles. The highest BCUT2D eigenvalue weighted by molar-refractivity contribution is 5.85. The fraction of sp³-hybridized carbons (Fsp3) is 0.440. The molecule has 1 aliphatic carbocycles. The molecule has 1 heterocycles. The second-order valence-electron chi connectivity index (χ2n) is 7.83. The van der Waals surface area contributed by atoms with Gasteiger partial charge in [0.25, 0.3) is 0 Å². The van der Waals surface area contributed by atoms with Crippen LogP contribution < -0.4 is 4.74 Å². The second kappa shape index (κ2) is 11.7. The van der Waals surface area contributed by atoms with E-state index in [0.717, 1.165) is 12.8 Å². The van der Waals surface area contributed by atoms with Crippen LogP contribution in [0.3, 0.4) is 0 Å². The molecule has 172 valence electrons. The van der Waals surface area contributed by atoms with Crippen molar-refractivity contribution in [3.05, 3.63) is 66.5 Å². The van der Waals surface area contributed by atoms with Crippen molar-refractivity contribution < 1.29 is 32.9 Å². The van der Waals surface area contributed by atoms with Crippen molar-refractivity contribution in [1.29, 1.82) is 0 Å². The Balaban J connectivity index is 1.54. The first-order valence-electron chi connectivity index (χ1n) is 10.8. The second-order valence-corrected chi connectivity index (χ2v) is 7.83. The summed E-state index contributed by atoms with van der Waals surface area (Å²) in [5.74, 6) is -0.760. The Labute approximate surface area is 187 Å². The number of ether oxygens (including phenoxy) is 4. The fourth-order valence-corrected chi connectivity index (χ4v) is 3.97. The molecule has 1 aromatic rings. The van der Waals surface area contributed by atoms with Crippen LogP contribution in [-0.4, -0.2) is 44.5 Å². The monoisotopic (exact) mass is 444 g/mol. The van der Waals surface area contributed by atoms with Gasteiger partial charge in [-0.1, -0.05) is 30.4 Å². The first kappa shape index (κ1) is 23.9. The van der Waals surface area contributed by atoms with Gasteiger partial charge in [0.2, 0.25) is 5.79 Å². The third-order valence-electron chi connectivity index (χ3n) is 5.71. The molecule has 0 spiro atoms. The Morgan fingerprint density at radius 3 is 2.59 bits per heavy atom. The predicted octanol–water partition coefficient (Wildman–Crippen LogP) is 4.16. The zero-order valence-corrected chi connectivity index (χ0v) is 18.2. The van der Waals surface area contributed by atoms with E-state index in [2.05, 4.69) is 4.74 Å². The van der Waals surface area contributed by atoms with Crippen molar-refractivity contribution in [2.75, 3.05) is 26.9 Å². The minimum atomic E-state index is -0.854. The van der Waals surface area contributed by atoms with Gasteiger partial charge in [-0.25, -0.2) is 9.18 Å². The molecule has 0 radical (unpaired) electrons.